The van der Waals surface area contributed by atoms with Crippen molar-refractivity contribution in [1.82, 2.24) is 14.7 Å². The molecule has 1 aliphatic carbocycles. The molecule has 148 valence electrons. The predicted molar refractivity (Wildman–Crippen MR) is 119 cm³/mol. The molecule has 6 rings (SSSR count). The normalized spacial score (nSPS) is 16.1. The quantitative estimate of drug-likeness (QED) is 0.463. The van der Waals surface area contributed by atoms with Gasteiger partial charge in [-0.3, -0.25) is 9.69 Å². The van der Waals surface area contributed by atoms with E-state index in [2.05, 4.69) is 50.9 Å². The second-order valence-corrected chi connectivity index (χ2v) is 8.00. The minimum Gasteiger partial charge on any atom is -0.369 e. The van der Waals surface area contributed by atoms with Crippen LogP contribution in [0.5, 0.6) is 0 Å². The monoisotopic (exact) mass is 394 g/mol. The average Bonchev–Trinajstić information content (AvgIpc) is 3.18. The van der Waals surface area contributed by atoms with Crippen LogP contribution in [-0.2, 0) is 6.67 Å². The van der Waals surface area contributed by atoms with Gasteiger partial charge in [-0.15, -0.1) is 0 Å². The van der Waals surface area contributed by atoms with Crippen LogP contribution in [0.4, 0.5) is 5.69 Å². The molecule has 0 atom stereocenters. The fraction of sp³-hybridized carbons (Fsp3) is 0.200. The largest absolute Gasteiger partial charge is 0.369 e. The number of carbonyl (C=O) groups excluding carboxylic acids is 1. The number of fused-ring (bicyclic) bond motifs is 2. The number of hydrogen-bond donors (Lipinski definition) is 0. The van der Waals surface area contributed by atoms with Crippen LogP contribution in [0.15, 0.2) is 72.8 Å². The van der Waals surface area contributed by atoms with Gasteiger partial charge in [-0.05, 0) is 18.2 Å². The number of carbonyl (C=O) groups is 1. The minimum atomic E-state index is 0.0970. The summed E-state index contributed by atoms with van der Waals surface area (Å²) in [5.41, 5.74) is 5.71. The molecule has 5 nitrogen and oxygen atoms in total. The van der Waals surface area contributed by atoms with Crippen LogP contribution in [0, 0.1) is 0 Å². The van der Waals surface area contributed by atoms with Gasteiger partial charge < -0.3 is 4.90 Å². The number of rotatable bonds is 3. The Morgan fingerprint density at radius 3 is 2.23 bits per heavy atom. The van der Waals surface area contributed by atoms with Crippen LogP contribution >= 0.6 is 0 Å². The first-order chi connectivity index (χ1) is 14.8. The molecule has 0 amide bonds. The second-order valence-electron chi connectivity index (χ2n) is 8.00. The Bertz CT molecular complexity index is 1250. The van der Waals surface area contributed by atoms with Gasteiger partial charge in [0.05, 0.1) is 12.2 Å². The van der Waals surface area contributed by atoms with Gasteiger partial charge in [0.1, 0.15) is 5.69 Å². The van der Waals surface area contributed by atoms with Crippen molar-refractivity contribution in [3.63, 3.8) is 0 Å². The van der Waals surface area contributed by atoms with E-state index in [0.717, 1.165) is 66.1 Å². The predicted octanol–water partition coefficient (Wildman–Crippen LogP) is 4.03. The van der Waals surface area contributed by atoms with Gasteiger partial charge in [-0.2, -0.15) is 5.10 Å². The zero-order chi connectivity index (χ0) is 20.1. The molecule has 0 radical (unpaired) electrons. The lowest BCUT2D eigenvalue weighted by molar-refractivity contribution is 0.104. The maximum absolute atomic E-state index is 13.0. The Hall–Kier alpha value is -3.44. The van der Waals surface area contributed by atoms with E-state index < -0.39 is 0 Å². The van der Waals surface area contributed by atoms with Crippen molar-refractivity contribution in [1.29, 1.82) is 0 Å². The van der Waals surface area contributed by atoms with Crippen molar-refractivity contribution >= 4 is 22.4 Å². The lowest BCUT2D eigenvalue weighted by Gasteiger charge is -2.36. The van der Waals surface area contributed by atoms with Crippen LogP contribution in [0.3, 0.4) is 0 Å². The Morgan fingerprint density at radius 1 is 0.733 bits per heavy atom. The van der Waals surface area contributed by atoms with E-state index in [1.807, 2.05) is 36.4 Å². The van der Waals surface area contributed by atoms with E-state index in [-0.39, 0.29) is 5.78 Å². The highest BCUT2D eigenvalue weighted by atomic mass is 16.1. The lowest BCUT2D eigenvalue weighted by Crippen LogP contribution is -2.46. The molecule has 0 spiro atoms. The summed E-state index contributed by atoms with van der Waals surface area (Å²) in [5.74, 6) is 0.0970. The third kappa shape index (κ3) is 2.66. The first kappa shape index (κ1) is 17.4. The highest BCUT2D eigenvalue weighted by Crippen LogP contribution is 2.38. The van der Waals surface area contributed by atoms with Crippen molar-refractivity contribution in [2.45, 2.75) is 6.67 Å². The van der Waals surface area contributed by atoms with Crippen molar-refractivity contribution in [3.05, 3.63) is 83.9 Å². The highest BCUT2D eigenvalue weighted by Gasteiger charge is 2.29. The highest BCUT2D eigenvalue weighted by molar-refractivity contribution is 6.25. The molecule has 1 saturated heterocycles. The van der Waals surface area contributed by atoms with Crippen LogP contribution in [0.25, 0.3) is 22.2 Å². The lowest BCUT2D eigenvalue weighted by atomic mass is 9.87. The minimum absolute atomic E-state index is 0.0970. The maximum atomic E-state index is 13.0. The van der Waals surface area contributed by atoms with Gasteiger partial charge in [0.15, 0.2) is 5.78 Å². The third-order valence-electron chi connectivity index (χ3n) is 6.28. The molecule has 2 aliphatic rings. The van der Waals surface area contributed by atoms with Crippen molar-refractivity contribution in [3.8, 4) is 11.3 Å². The molecule has 4 aromatic rings. The number of nitrogens with zero attached hydrogens (tertiary/aromatic N) is 4. The molecule has 30 heavy (non-hydrogen) atoms. The van der Waals surface area contributed by atoms with Crippen molar-refractivity contribution in [2.24, 2.45) is 0 Å². The maximum Gasteiger partial charge on any atom is 0.194 e. The van der Waals surface area contributed by atoms with E-state index in [4.69, 9.17) is 5.10 Å². The number of anilines is 1. The molecular weight excluding hydrogens is 372 g/mol. The molecule has 0 unspecified atom stereocenters. The summed E-state index contributed by atoms with van der Waals surface area (Å²) in [6, 6.07) is 24.4. The topological polar surface area (TPSA) is 41.4 Å². The van der Waals surface area contributed by atoms with Gasteiger partial charge in [-0.1, -0.05) is 54.6 Å². The second kappa shape index (κ2) is 6.82. The van der Waals surface area contributed by atoms with E-state index in [1.54, 1.807) is 0 Å². The molecule has 0 N–H and O–H groups in total. The summed E-state index contributed by atoms with van der Waals surface area (Å²) in [4.78, 5) is 17.9. The molecule has 1 aromatic heterocycles. The zero-order valence-electron chi connectivity index (χ0n) is 16.7. The van der Waals surface area contributed by atoms with Crippen LogP contribution in [-0.4, -0.2) is 46.6 Å². The van der Waals surface area contributed by atoms with Gasteiger partial charge >= 0.3 is 0 Å². The molecule has 0 bridgehead atoms. The van der Waals surface area contributed by atoms with Crippen molar-refractivity contribution < 1.29 is 4.79 Å². The summed E-state index contributed by atoms with van der Waals surface area (Å²) in [6.07, 6.45) is 0. The van der Waals surface area contributed by atoms with E-state index in [9.17, 15) is 4.79 Å². The summed E-state index contributed by atoms with van der Waals surface area (Å²) < 4.78 is 2.07. The molecular formula is C25H22N4O. The Labute approximate surface area is 175 Å². The van der Waals surface area contributed by atoms with Crippen molar-refractivity contribution in [2.75, 3.05) is 31.1 Å². The fourth-order valence-corrected chi connectivity index (χ4v) is 4.72. The summed E-state index contributed by atoms with van der Waals surface area (Å²) in [5, 5.41) is 5.97. The number of hydrogen-bond acceptors (Lipinski definition) is 4. The van der Waals surface area contributed by atoms with Gasteiger partial charge in [0.25, 0.3) is 0 Å². The van der Waals surface area contributed by atoms with E-state index in [0.29, 0.717) is 0 Å². The number of benzene rings is 3. The standard InChI is InChI=1S/C25H22N4O/c30-25-20-10-5-4-9-19(20)24-23-21(25)11-6-12-22(23)29(26-24)17-27-13-15-28(16-14-27)18-7-2-1-3-8-18/h1-12H,13-17H2. The van der Waals surface area contributed by atoms with Gasteiger partial charge in [0.2, 0.25) is 0 Å². The molecule has 3 aromatic carbocycles. The number of aromatic nitrogens is 2. The van der Waals surface area contributed by atoms with Crippen LogP contribution in [0.2, 0.25) is 0 Å². The van der Waals surface area contributed by atoms with Crippen LogP contribution < -0.4 is 4.90 Å². The number of ketones is 1. The average molecular weight is 394 g/mol. The molecule has 5 heteroatoms. The Kier molecular flexibility index (Phi) is 3.96. The molecule has 1 fully saturated rings. The SMILES string of the molecule is O=C1c2ccccc2-c2nn(CN3CCN(c4ccccc4)CC3)c3cccc1c23. The molecule has 2 heterocycles. The number of piperazine rings is 1. The summed E-state index contributed by atoms with van der Waals surface area (Å²) in [7, 11) is 0. The number of para-hydroxylation sites is 1. The molecule has 0 saturated carbocycles. The fourth-order valence-electron chi connectivity index (χ4n) is 4.72. The first-order valence-corrected chi connectivity index (χ1v) is 10.5. The van der Waals surface area contributed by atoms with E-state index in [1.165, 1.54) is 5.69 Å². The Balaban J connectivity index is 1.31. The van der Waals surface area contributed by atoms with Gasteiger partial charge in [-0.25, -0.2) is 4.68 Å². The Morgan fingerprint density at radius 2 is 1.43 bits per heavy atom. The van der Waals surface area contributed by atoms with Gasteiger partial charge in [0, 0.05) is 53.9 Å². The summed E-state index contributed by atoms with van der Waals surface area (Å²) in [6.45, 7) is 4.71. The van der Waals surface area contributed by atoms with Crippen LogP contribution in [0.1, 0.15) is 15.9 Å². The first-order valence-electron chi connectivity index (χ1n) is 10.5. The third-order valence-corrected chi connectivity index (χ3v) is 6.28. The smallest absolute Gasteiger partial charge is 0.194 e. The van der Waals surface area contributed by atoms with E-state index >= 15 is 0 Å². The molecule has 1 aliphatic heterocycles. The zero-order valence-corrected chi connectivity index (χ0v) is 16.7. The summed E-state index contributed by atoms with van der Waals surface area (Å²) >= 11 is 0.